The van der Waals surface area contributed by atoms with Gasteiger partial charge < -0.3 is 0 Å². The standard InChI is InChI=1S/C8H17AsO2/c1-7(2)5-3-4-6-9-8(10)11/h7,9H,3-6H2,1-2H3,(H,10,11). The number of hydrogen-bond acceptors (Lipinski definition) is 1. The quantitative estimate of drug-likeness (QED) is 0.551. The van der Waals surface area contributed by atoms with Crippen LogP contribution in [0.2, 0.25) is 5.21 Å². The normalized spacial score (nSPS) is 11.5. The number of rotatable bonds is 6. The SMILES string of the molecule is CC(C)CCCC[AsH]C(=O)O. The molecule has 1 N–H and O–H groups in total. The van der Waals surface area contributed by atoms with Crippen molar-refractivity contribution in [1.82, 2.24) is 0 Å². The first-order valence-electron chi connectivity index (χ1n) is 4.09. The van der Waals surface area contributed by atoms with Crippen molar-refractivity contribution >= 4 is 20.5 Å². The van der Waals surface area contributed by atoms with Crippen molar-refractivity contribution in [1.29, 1.82) is 0 Å². The Bertz CT molecular complexity index is 113. The Labute approximate surface area is 75.1 Å². The minimum absolute atomic E-state index is 0.547. The van der Waals surface area contributed by atoms with Gasteiger partial charge in [0.15, 0.2) is 0 Å². The second-order valence-corrected chi connectivity index (χ2v) is 5.81. The first-order chi connectivity index (χ1) is 5.13. The molecule has 0 saturated carbocycles. The monoisotopic (exact) mass is 220 g/mol. The Hall–Kier alpha value is 0.0284. The van der Waals surface area contributed by atoms with Gasteiger partial charge in [-0.3, -0.25) is 0 Å². The van der Waals surface area contributed by atoms with Gasteiger partial charge in [0, 0.05) is 0 Å². The van der Waals surface area contributed by atoms with Crippen LogP contribution in [0.1, 0.15) is 33.1 Å². The van der Waals surface area contributed by atoms with E-state index in [9.17, 15) is 4.79 Å². The third-order valence-electron chi connectivity index (χ3n) is 1.48. The summed E-state index contributed by atoms with van der Waals surface area (Å²) in [5, 5.41) is 9.34. The third kappa shape index (κ3) is 10.0. The molecule has 2 nitrogen and oxygen atoms in total. The Balaban J connectivity index is 2.97. The molecule has 66 valence electrons. The van der Waals surface area contributed by atoms with Gasteiger partial charge >= 0.3 is 74.6 Å². The van der Waals surface area contributed by atoms with Crippen LogP contribution in [-0.4, -0.2) is 25.6 Å². The van der Waals surface area contributed by atoms with Gasteiger partial charge in [0.05, 0.1) is 0 Å². The van der Waals surface area contributed by atoms with E-state index in [1.54, 1.807) is 0 Å². The topological polar surface area (TPSA) is 37.3 Å². The molecule has 0 radical (unpaired) electrons. The van der Waals surface area contributed by atoms with E-state index in [1.807, 2.05) is 0 Å². The molecule has 0 amide bonds. The average Bonchev–Trinajstić information content (AvgIpc) is 1.85. The summed E-state index contributed by atoms with van der Waals surface area (Å²) < 4.78 is -0.547. The Morgan fingerprint density at radius 3 is 2.55 bits per heavy atom. The summed E-state index contributed by atoms with van der Waals surface area (Å²) in [6.07, 6.45) is 3.56. The summed E-state index contributed by atoms with van der Waals surface area (Å²) in [4.78, 5) is 10.2. The third-order valence-corrected chi connectivity index (χ3v) is 3.39. The average molecular weight is 220 g/mol. The van der Waals surface area contributed by atoms with Gasteiger partial charge in [-0.05, 0) is 0 Å². The molecule has 0 aliphatic carbocycles. The molecule has 11 heavy (non-hydrogen) atoms. The van der Waals surface area contributed by atoms with Gasteiger partial charge in [0.1, 0.15) is 0 Å². The molecule has 0 rings (SSSR count). The Morgan fingerprint density at radius 2 is 2.09 bits per heavy atom. The molecule has 0 aromatic rings. The van der Waals surface area contributed by atoms with Crippen LogP contribution in [-0.2, 0) is 0 Å². The van der Waals surface area contributed by atoms with Crippen molar-refractivity contribution < 1.29 is 9.90 Å². The maximum atomic E-state index is 10.2. The maximum absolute atomic E-state index is 10.2. The molecule has 0 aliphatic rings. The van der Waals surface area contributed by atoms with Crippen molar-refractivity contribution in [2.75, 3.05) is 0 Å². The van der Waals surface area contributed by atoms with Crippen LogP contribution in [0, 0.1) is 5.92 Å². The van der Waals surface area contributed by atoms with E-state index in [-0.39, 0.29) is 0 Å². The van der Waals surface area contributed by atoms with Crippen LogP contribution in [0.3, 0.4) is 0 Å². The first kappa shape index (κ1) is 11.0. The van der Waals surface area contributed by atoms with Gasteiger partial charge in [-0.2, -0.15) is 0 Å². The fourth-order valence-corrected chi connectivity index (χ4v) is 2.22. The number of carbonyl (C=O) groups is 1. The van der Waals surface area contributed by atoms with Crippen LogP contribution in [0.15, 0.2) is 0 Å². The minimum atomic E-state index is -0.671. The zero-order valence-electron chi connectivity index (χ0n) is 7.26. The van der Waals surface area contributed by atoms with Gasteiger partial charge in [-0.25, -0.2) is 0 Å². The summed E-state index contributed by atoms with van der Waals surface area (Å²) in [6, 6.07) is 0. The molecule has 0 aliphatic heterocycles. The summed E-state index contributed by atoms with van der Waals surface area (Å²) >= 11 is -0.671. The molecule has 0 fully saturated rings. The van der Waals surface area contributed by atoms with Crippen LogP contribution in [0.5, 0.6) is 0 Å². The Morgan fingerprint density at radius 1 is 1.45 bits per heavy atom. The zero-order valence-corrected chi connectivity index (χ0v) is 9.36. The van der Waals surface area contributed by atoms with E-state index < -0.39 is 20.5 Å². The molecular formula is C8H17AsO2. The predicted molar refractivity (Wildman–Crippen MR) is 48.7 cm³/mol. The molecular weight excluding hydrogens is 203 g/mol. The molecule has 1 atom stereocenters. The number of carboxylic acid groups (broad SMARTS) is 1. The van der Waals surface area contributed by atoms with Gasteiger partial charge in [0.25, 0.3) is 0 Å². The molecule has 0 aromatic carbocycles. The Kier molecular flexibility index (Phi) is 6.74. The number of unbranched alkanes of at least 4 members (excludes halogenated alkanes) is 1. The van der Waals surface area contributed by atoms with E-state index in [0.717, 1.165) is 17.5 Å². The molecule has 1 unspecified atom stereocenters. The zero-order chi connectivity index (χ0) is 8.69. The molecule has 0 saturated heterocycles. The summed E-state index contributed by atoms with van der Waals surface area (Å²) in [6.45, 7) is 4.40. The van der Waals surface area contributed by atoms with Crippen molar-refractivity contribution in [3.63, 3.8) is 0 Å². The van der Waals surface area contributed by atoms with Gasteiger partial charge in [0.2, 0.25) is 0 Å². The molecule has 0 spiro atoms. The molecule has 0 bridgehead atoms. The van der Waals surface area contributed by atoms with Crippen LogP contribution >= 0.6 is 0 Å². The molecule has 3 heteroatoms. The second kappa shape index (κ2) is 6.72. The van der Waals surface area contributed by atoms with Crippen molar-refractivity contribution in [3.05, 3.63) is 0 Å². The summed E-state index contributed by atoms with van der Waals surface area (Å²) in [5.74, 6) is 0.764. The summed E-state index contributed by atoms with van der Waals surface area (Å²) in [7, 11) is 0. The van der Waals surface area contributed by atoms with Gasteiger partial charge in [-0.15, -0.1) is 0 Å². The van der Waals surface area contributed by atoms with Crippen molar-refractivity contribution in [2.45, 2.75) is 38.3 Å². The van der Waals surface area contributed by atoms with Crippen LogP contribution < -0.4 is 0 Å². The van der Waals surface area contributed by atoms with E-state index in [0.29, 0.717) is 0 Å². The first-order valence-corrected chi connectivity index (χ1v) is 6.63. The van der Waals surface area contributed by atoms with E-state index >= 15 is 0 Å². The van der Waals surface area contributed by atoms with Gasteiger partial charge in [-0.1, -0.05) is 0 Å². The van der Waals surface area contributed by atoms with Crippen molar-refractivity contribution in [3.8, 4) is 0 Å². The van der Waals surface area contributed by atoms with Crippen molar-refractivity contribution in [2.24, 2.45) is 5.92 Å². The van der Waals surface area contributed by atoms with Crippen LogP contribution in [0.25, 0.3) is 0 Å². The fourth-order valence-electron chi connectivity index (χ4n) is 0.873. The number of hydrogen-bond donors (Lipinski definition) is 1. The predicted octanol–water partition coefficient (Wildman–Crippen LogP) is 2.35. The second-order valence-electron chi connectivity index (χ2n) is 3.12. The van der Waals surface area contributed by atoms with E-state index in [4.69, 9.17) is 5.11 Å². The fraction of sp³-hybridized carbons (Fsp3) is 0.875. The van der Waals surface area contributed by atoms with E-state index in [1.165, 1.54) is 12.8 Å². The molecule has 0 aromatic heterocycles. The molecule has 0 heterocycles. The van der Waals surface area contributed by atoms with Crippen LogP contribution in [0.4, 0.5) is 4.79 Å². The summed E-state index contributed by atoms with van der Waals surface area (Å²) in [5.41, 5.74) is 0. The van der Waals surface area contributed by atoms with E-state index in [2.05, 4.69) is 13.8 Å².